The number of aromatic nitrogens is 2. The van der Waals surface area contributed by atoms with Crippen molar-refractivity contribution in [3.8, 4) is 17.2 Å². The number of carbonyl (C=O) groups is 1. The standard InChI is InChI=1S/C21H20FN3O3/c1-13(14-6-8-18(27-2)9-7-14)25-12-16(11-19(25)26)20-23-21(28-24-20)15-4-3-5-17(22)10-15/h3-10,13,16H,11-12H2,1-2H3. The fraction of sp³-hybridized carbons (Fsp3) is 0.286. The summed E-state index contributed by atoms with van der Waals surface area (Å²) in [5.41, 5.74) is 1.55. The molecule has 2 heterocycles. The van der Waals surface area contributed by atoms with E-state index in [0.717, 1.165) is 11.3 Å². The molecule has 2 atom stereocenters. The molecule has 2 aromatic carbocycles. The molecule has 0 saturated carbocycles. The third kappa shape index (κ3) is 3.47. The van der Waals surface area contributed by atoms with Crippen LogP contribution in [0.15, 0.2) is 53.1 Å². The van der Waals surface area contributed by atoms with Crippen LogP contribution in [-0.4, -0.2) is 34.6 Å². The lowest BCUT2D eigenvalue weighted by Gasteiger charge is -2.25. The van der Waals surface area contributed by atoms with Crippen LogP contribution >= 0.6 is 0 Å². The van der Waals surface area contributed by atoms with Gasteiger partial charge in [-0.15, -0.1) is 0 Å². The first-order valence-corrected chi connectivity index (χ1v) is 9.08. The highest BCUT2D eigenvalue weighted by molar-refractivity contribution is 5.80. The lowest BCUT2D eigenvalue weighted by atomic mass is 10.1. The number of nitrogens with zero attached hydrogens (tertiary/aromatic N) is 3. The van der Waals surface area contributed by atoms with Gasteiger partial charge >= 0.3 is 0 Å². The molecule has 0 bridgehead atoms. The van der Waals surface area contributed by atoms with Gasteiger partial charge < -0.3 is 14.2 Å². The Morgan fingerprint density at radius 3 is 2.75 bits per heavy atom. The third-order valence-corrected chi connectivity index (χ3v) is 5.10. The molecule has 0 spiro atoms. The molecule has 1 amide bonds. The third-order valence-electron chi connectivity index (χ3n) is 5.10. The Balaban J connectivity index is 1.50. The molecule has 28 heavy (non-hydrogen) atoms. The second-order valence-corrected chi connectivity index (χ2v) is 6.86. The van der Waals surface area contributed by atoms with Crippen molar-refractivity contribution < 1.29 is 18.4 Å². The van der Waals surface area contributed by atoms with Crippen LogP contribution < -0.4 is 4.74 Å². The van der Waals surface area contributed by atoms with Crippen molar-refractivity contribution in [3.63, 3.8) is 0 Å². The first-order chi connectivity index (χ1) is 13.5. The highest BCUT2D eigenvalue weighted by Crippen LogP contribution is 2.34. The van der Waals surface area contributed by atoms with E-state index in [1.165, 1.54) is 12.1 Å². The first kappa shape index (κ1) is 18.2. The molecule has 3 aromatic rings. The van der Waals surface area contributed by atoms with Gasteiger partial charge in [0.15, 0.2) is 5.82 Å². The molecule has 0 aliphatic carbocycles. The first-order valence-electron chi connectivity index (χ1n) is 9.08. The monoisotopic (exact) mass is 381 g/mol. The molecule has 4 rings (SSSR count). The molecule has 1 fully saturated rings. The zero-order chi connectivity index (χ0) is 19.7. The van der Waals surface area contributed by atoms with E-state index in [4.69, 9.17) is 9.26 Å². The number of hydrogen-bond donors (Lipinski definition) is 0. The molecule has 1 aliphatic heterocycles. The van der Waals surface area contributed by atoms with Crippen molar-refractivity contribution in [2.24, 2.45) is 0 Å². The van der Waals surface area contributed by atoms with Crippen LogP contribution in [0.3, 0.4) is 0 Å². The van der Waals surface area contributed by atoms with E-state index in [1.54, 1.807) is 19.2 Å². The van der Waals surface area contributed by atoms with Crippen molar-refractivity contribution in [1.29, 1.82) is 0 Å². The van der Waals surface area contributed by atoms with Crippen LogP contribution in [0.1, 0.15) is 36.7 Å². The van der Waals surface area contributed by atoms with Crippen LogP contribution in [0, 0.1) is 5.82 Å². The smallest absolute Gasteiger partial charge is 0.258 e. The van der Waals surface area contributed by atoms with Crippen molar-refractivity contribution >= 4 is 5.91 Å². The molecule has 1 saturated heterocycles. The van der Waals surface area contributed by atoms with Gasteiger partial charge in [-0.1, -0.05) is 23.4 Å². The second kappa shape index (κ2) is 7.42. The predicted octanol–water partition coefficient (Wildman–Crippen LogP) is 3.96. The van der Waals surface area contributed by atoms with E-state index in [2.05, 4.69) is 10.1 Å². The SMILES string of the molecule is COc1ccc(C(C)N2CC(c3noc(-c4cccc(F)c4)n3)CC2=O)cc1. The fourth-order valence-electron chi connectivity index (χ4n) is 3.48. The van der Waals surface area contributed by atoms with E-state index in [1.807, 2.05) is 36.1 Å². The summed E-state index contributed by atoms with van der Waals surface area (Å²) in [7, 11) is 1.62. The lowest BCUT2D eigenvalue weighted by molar-refractivity contribution is -0.129. The zero-order valence-corrected chi connectivity index (χ0v) is 15.6. The van der Waals surface area contributed by atoms with E-state index >= 15 is 0 Å². The maximum atomic E-state index is 13.4. The Kier molecular flexibility index (Phi) is 4.81. The summed E-state index contributed by atoms with van der Waals surface area (Å²) in [5.74, 6) is 1.02. The van der Waals surface area contributed by atoms with E-state index in [-0.39, 0.29) is 29.6 Å². The molecule has 6 nitrogen and oxygen atoms in total. The summed E-state index contributed by atoms with van der Waals surface area (Å²) in [6.45, 7) is 2.50. The molecule has 0 N–H and O–H groups in total. The van der Waals surface area contributed by atoms with Gasteiger partial charge in [-0.25, -0.2) is 4.39 Å². The molecule has 2 unspecified atom stereocenters. The van der Waals surface area contributed by atoms with Crippen LogP contribution in [0.25, 0.3) is 11.5 Å². The van der Waals surface area contributed by atoms with E-state index < -0.39 is 0 Å². The van der Waals surface area contributed by atoms with Crippen molar-refractivity contribution in [2.45, 2.75) is 25.3 Å². The van der Waals surface area contributed by atoms with Gasteiger partial charge in [-0.3, -0.25) is 4.79 Å². The van der Waals surface area contributed by atoms with Crippen molar-refractivity contribution in [3.05, 3.63) is 65.7 Å². The minimum absolute atomic E-state index is 0.0467. The Morgan fingerprint density at radius 1 is 1.25 bits per heavy atom. The Morgan fingerprint density at radius 2 is 2.04 bits per heavy atom. The highest BCUT2D eigenvalue weighted by Gasteiger charge is 2.36. The molecule has 144 valence electrons. The van der Waals surface area contributed by atoms with Gasteiger partial charge in [0.2, 0.25) is 5.91 Å². The number of amides is 1. The summed E-state index contributed by atoms with van der Waals surface area (Å²) in [6.07, 6.45) is 0.322. The maximum absolute atomic E-state index is 13.4. The van der Waals surface area contributed by atoms with Crippen LogP contribution in [0.2, 0.25) is 0 Å². The number of methoxy groups -OCH3 is 1. The molecular weight excluding hydrogens is 361 g/mol. The summed E-state index contributed by atoms with van der Waals surface area (Å²) in [6, 6.07) is 13.6. The Bertz CT molecular complexity index is 987. The van der Waals surface area contributed by atoms with Crippen molar-refractivity contribution in [2.75, 3.05) is 13.7 Å². The van der Waals surface area contributed by atoms with Gasteiger partial charge in [0.25, 0.3) is 5.89 Å². The average Bonchev–Trinajstić information content (AvgIpc) is 3.34. The van der Waals surface area contributed by atoms with Gasteiger partial charge in [-0.05, 0) is 42.8 Å². The second-order valence-electron chi connectivity index (χ2n) is 6.86. The van der Waals surface area contributed by atoms with Crippen LogP contribution in [0.4, 0.5) is 4.39 Å². The fourth-order valence-corrected chi connectivity index (χ4v) is 3.48. The molecular formula is C21H20FN3O3. The molecule has 7 heteroatoms. The number of ether oxygens (including phenoxy) is 1. The quantitative estimate of drug-likeness (QED) is 0.669. The van der Waals surface area contributed by atoms with Crippen molar-refractivity contribution in [1.82, 2.24) is 15.0 Å². The zero-order valence-electron chi connectivity index (χ0n) is 15.6. The number of benzene rings is 2. The minimum atomic E-state index is -0.368. The largest absolute Gasteiger partial charge is 0.497 e. The summed E-state index contributed by atoms with van der Waals surface area (Å²) < 4.78 is 23.9. The number of halogens is 1. The van der Waals surface area contributed by atoms with Gasteiger partial charge in [0.05, 0.1) is 13.2 Å². The molecule has 1 aromatic heterocycles. The minimum Gasteiger partial charge on any atom is -0.497 e. The summed E-state index contributed by atoms with van der Waals surface area (Å²) in [5, 5.41) is 4.02. The number of rotatable bonds is 5. The van der Waals surface area contributed by atoms with E-state index in [0.29, 0.717) is 24.4 Å². The van der Waals surface area contributed by atoms with E-state index in [9.17, 15) is 9.18 Å². The Labute approximate surface area is 161 Å². The number of carbonyl (C=O) groups excluding carboxylic acids is 1. The summed E-state index contributed by atoms with van der Waals surface area (Å²) in [4.78, 5) is 18.8. The summed E-state index contributed by atoms with van der Waals surface area (Å²) >= 11 is 0. The Hall–Kier alpha value is -3.22. The van der Waals surface area contributed by atoms with Crippen LogP contribution in [-0.2, 0) is 4.79 Å². The molecule has 0 radical (unpaired) electrons. The number of hydrogen-bond acceptors (Lipinski definition) is 5. The van der Waals surface area contributed by atoms with Gasteiger partial charge in [-0.2, -0.15) is 4.98 Å². The number of likely N-dealkylation sites (tertiary alicyclic amines) is 1. The van der Waals surface area contributed by atoms with Gasteiger partial charge in [0.1, 0.15) is 11.6 Å². The topological polar surface area (TPSA) is 68.5 Å². The lowest BCUT2D eigenvalue weighted by Crippen LogP contribution is -2.28. The van der Waals surface area contributed by atoms with Gasteiger partial charge in [0, 0.05) is 24.4 Å². The molecule has 1 aliphatic rings. The maximum Gasteiger partial charge on any atom is 0.258 e. The average molecular weight is 381 g/mol. The predicted molar refractivity (Wildman–Crippen MR) is 100 cm³/mol. The normalized spacial score (nSPS) is 17.8. The highest BCUT2D eigenvalue weighted by atomic mass is 19.1. The van der Waals surface area contributed by atoms with Crippen LogP contribution in [0.5, 0.6) is 5.75 Å².